The molecule has 158 valence electrons. The van der Waals surface area contributed by atoms with E-state index in [0.717, 1.165) is 31.1 Å². The Kier molecular flexibility index (Phi) is 8.39. The van der Waals surface area contributed by atoms with Crippen LogP contribution in [0.3, 0.4) is 0 Å². The van der Waals surface area contributed by atoms with Gasteiger partial charge in [0.25, 0.3) is 0 Å². The molecular weight excluding hydrogens is 362 g/mol. The van der Waals surface area contributed by atoms with E-state index in [2.05, 4.69) is 66.7 Å². The molecule has 0 amide bonds. The van der Waals surface area contributed by atoms with Gasteiger partial charge in [-0.3, -0.25) is 4.99 Å². The Morgan fingerprint density at radius 3 is 2.31 bits per heavy atom. The molecule has 0 saturated heterocycles. The van der Waals surface area contributed by atoms with Crippen LogP contribution in [0.25, 0.3) is 0 Å². The molecule has 0 spiro atoms. The van der Waals surface area contributed by atoms with Crippen LogP contribution < -0.4 is 20.9 Å². The molecule has 1 atom stereocenters. The number of nitrogens with one attached hydrogen (secondary N) is 1. The van der Waals surface area contributed by atoms with Gasteiger partial charge in [0, 0.05) is 38.8 Å². The molecule has 29 heavy (non-hydrogen) atoms. The standard InChI is InChI=1S/C22H35N7/c1-7-18(14-23)25-22-26-20(28(6)16(3)4)19(24-5)21(27-22)29(8-2)15-17-12-10-9-11-13-17/h9-13,16,18H,5,7-8,14-15,23H2,1-4,6H3,(H,25,26,27). The lowest BCUT2D eigenvalue weighted by molar-refractivity contribution is 0.691. The van der Waals surface area contributed by atoms with Gasteiger partial charge in [-0.15, -0.1) is 0 Å². The van der Waals surface area contributed by atoms with E-state index < -0.39 is 0 Å². The van der Waals surface area contributed by atoms with Gasteiger partial charge in [-0.2, -0.15) is 9.97 Å². The van der Waals surface area contributed by atoms with E-state index in [1.165, 1.54) is 5.56 Å². The maximum absolute atomic E-state index is 5.89. The van der Waals surface area contributed by atoms with Crippen molar-refractivity contribution in [1.82, 2.24) is 9.97 Å². The minimum Gasteiger partial charge on any atom is -0.355 e. The first-order valence-electron chi connectivity index (χ1n) is 10.3. The molecule has 1 aromatic carbocycles. The SMILES string of the molecule is C=Nc1c(N(CC)Cc2ccccc2)nc(NC(CC)CN)nc1N(C)C(C)C. The second-order valence-corrected chi connectivity index (χ2v) is 7.39. The third-order valence-corrected chi connectivity index (χ3v) is 5.12. The number of hydrogen-bond donors (Lipinski definition) is 2. The summed E-state index contributed by atoms with van der Waals surface area (Å²) >= 11 is 0. The first-order valence-corrected chi connectivity index (χ1v) is 10.3. The molecule has 0 aliphatic rings. The second-order valence-electron chi connectivity index (χ2n) is 7.39. The van der Waals surface area contributed by atoms with Crippen LogP contribution in [0, 0.1) is 0 Å². The monoisotopic (exact) mass is 397 g/mol. The lowest BCUT2D eigenvalue weighted by Gasteiger charge is -2.29. The van der Waals surface area contributed by atoms with Crippen molar-refractivity contribution in [3.63, 3.8) is 0 Å². The van der Waals surface area contributed by atoms with Gasteiger partial charge in [0.05, 0.1) is 0 Å². The van der Waals surface area contributed by atoms with Crippen molar-refractivity contribution in [2.24, 2.45) is 10.7 Å². The zero-order valence-corrected chi connectivity index (χ0v) is 18.4. The summed E-state index contributed by atoms with van der Waals surface area (Å²) in [6, 6.07) is 10.7. The molecule has 0 radical (unpaired) electrons. The first-order chi connectivity index (χ1) is 13.9. The lowest BCUT2D eigenvalue weighted by Crippen LogP contribution is -2.32. The van der Waals surface area contributed by atoms with Gasteiger partial charge in [0.2, 0.25) is 5.95 Å². The Bertz CT molecular complexity index is 772. The van der Waals surface area contributed by atoms with Crippen molar-refractivity contribution in [3.05, 3.63) is 35.9 Å². The summed E-state index contributed by atoms with van der Waals surface area (Å²) < 4.78 is 0. The number of nitrogens with two attached hydrogens (primary N) is 1. The van der Waals surface area contributed by atoms with E-state index in [9.17, 15) is 0 Å². The molecule has 0 aliphatic heterocycles. The van der Waals surface area contributed by atoms with Crippen molar-refractivity contribution in [3.8, 4) is 0 Å². The van der Waals surface area contributed by atoms with Crippen LogP contribution >= 0.6 is 0 Å². The first kappa shape index (κ1) is 22.6. The number of benzene rings is 1. The molecule has 0 bridgehead atoms. The number of aromatic nitrogens is 2. The highest BCUT2D eigenvalue weighted by Crippen LogP contribution is 2.37. The zero-order valence-electron chi connectivity index (χ0n) is 18.4. The molecule has 1 heterocycles. The van der Waals surface area contributed by atoms with Crippen LogP contribution in [0.4, 0.5) is 23.3 Å². The summed E-state index contributed by atoms with van der Waals surface area (Å²) in [7, 11) is 2.02. The molecule has 2 aromatic rings. The molecular formula is C22H35N7. The molecule has 0 saturated carbocycles. The Balaban J connectivity index is 2.56. The van der Waals surface area contributed by atoms with Gasteiger partial charge in [-0.25, -0.2) is 0 Å². The summed E-state index contributed by atoms with van der Waals surface area (Å²) in [6.45, 7) is 14.3. The third kappa shape index (κ3) is 5.67. The van der Waals surface area contributed by atoms with Crippen molar-refractivity contribution in [1.29, 1.82) is 0 Å². The van der Waals surface area contributed by atoms with Gasteiger partial charge >= 0.3 is 0 Å². The second kappa shape index (κ2) is 10.8. The van der Waals surface area contributed by atoms with Crippen molar-refractivity contribution >= 4 is 30.0 Å². The van der Waals surface area contributed by atoms with E-state index in [-0.39, 0.29) is 12.1 Å². The van der Waals surface area contributed by atoms with E-state index in [4.69, 9.17) is 15.7 Å². The predicted octanol–water partition coefficient (Wildman–Crippen LogP) is 3.83. The highest BCUT2D eigenvalue weighted by Gasteiger charge is 2.22. The molecule has 7 nitrogen and oxygen atoms in total. The highest BCUT2D eigenvalue weighted by molar-refractivity contribution is 5.79. The zero-order chi connectivity index (χ0) is 21.4. The van der Waals surface area contributed by atoms with Gasteiger partial charge in [-0.05, 0) is 39.5 Å². The fourth-order valence-electron chi connectivity index (χ4n) is 3.00. The number of rotatable bonds is 11. The Labute approximate surface area is 175 Å². The van der Waals surface area contributed by atoms with Crippen molar-refractivity contribution < 1.29 is 0 Å². The van der Waals surface area contributed by atoms with E-state index in [0.29, 0.717) is 18.2 Å². The van der Waals surface area contributed by atoms with Gasteiger partial charge in [0.15, 0.2) is 11.6 Å². The number of hydrogen-bond acceptors (Lipinski definition) is 7. The van der Waals surface area contributed by atoms with Crippen molar-refractivity contribution in [2.45, 2.75) is 52.7 Å². The highest BCUT2D eigenvalue weighted by atomic mass is 15.3. The average Bonchev–Trinajstić information content (AvgIpc) is 2.75. The molecule has 1 unspecified atom stereocenters. The lowest BCUT2D eigenvalue weighted by atomic mass is 10.2. The Morgan fingerprint density at radius 1 is 1.14 bits per heavy atom. The largest absolute Gasteiger partial charge is 0.355 e. The van der Waals surface area contributed by atoms with Crippen LogP contribution in [0.2, 0.25) is 0 Å². The molecule has 3 N–H and O–H groups in total. The number of aliphatic imine (C=N–C) groups is 1. The van der Waals surface area contributed by atoms with Gasteiger partial charge < -0.3 is 20.9 Å². The topological polar surface area (TPSA) is 82.7 Å². The minimum absolute atomic E-state index is 0.117. The van der Waals surface area contributed by atoms with Crippen LogP contribution in [0.1, 0.15) is 39.7 Å². The molecule has 7 heteroatoms. The van der Waals surface area contributed by atoms with Gasteiger partial charge in [-0.1, -0.05) is 37.3 Å². The molecule has 0 fully saturated rings. The summed E-state index contributed by atoms with van der Waals surface area (Å²) in [5.41, 5.74) is 7.80. The van der Waals surface area contributed by atoms with E-state index in [1.54, 1.807) is 0 Å². The van der Waals surface area contributed by atoms with E-state index in [1.807, 2.05) is 25.2 Å². The van der Waals surface area contributed by atoms with Gasteiger partial charge in [0.1, 0.15) is 5.69 Å². The fourth-order valence-corrected chi connectivity index (χ4v) is 3.00. The average molecular weight is 398 g/mol. The molecule has 0 aliphatic carbocycles. The Hall–Kier alpha value is -2.67. The maximum Gasteiger partial charge on any atom is 0.227 e. The summed E-state index contributed by atoms with van der Waals surface area (Å²) in [5, 5.41) is 3.38. The fraction of sp³-hybridized carbons (Fsp3) is 0.500. The summed E-state index contributed by atoms with van der Waals surface area (Å²) in [6.07, 6.45) is 0.896. The van der Waals surface area contributed by atoms with E-state index >= 15 is 0 Å². The van der Waals surface area contributed by atoms with Crippen LogP contribution in [0.5, 0.6) is 0 Å². The minimum atomic E-state index is 0.117. The van der Waals surface area contributed by atoms with Crippen LogP contribution in [-0.4, -0.2) is 48.9 Å². The molecule has 2 rings (SSSR count). The maximum atomic E-state index is 5.89. The molecule has 1 aromatic heterocycles. The third-order valence-electron chi connectivity index (χ3n) is 5.12. The Morgan fingerprint density at radius 2 is 1.79 bits per heavy atom. The summed E-state index contributed by atoms with van der Waals surface area (Å²) in [5.74, 6) is 2.11. The number of anilines is 3. The number of nitrogens with zero attached hydrogens (tertiary/aromatic N) is 5. The normalized spacial score (nSPS) is 12.0. The summed E-state index contributed by atoms with van der Waals surface area (Å²) in [4.78, 5) is 18.2. The van der Waals surface area contributed by atoms with Crippen LogP contribution in [0.15, 0.2) is 35.3 Å². The smallest absolute Gasteiger partial charge is 0.227 e. The predicted molar refractivity (Wildman–Crippen MR) is 125 cm³/mol. The quantitative estimate of drug-likeness (QED) is 0.561. The van der Waals surface area contributed by atoms with Crippen molar-refractivity contribution in [2.75, 3.05) is 35.3 Å². The van der Waals surface area contributed by atoms with Crippen LogP contribution in [-0.2, 0) is 6.54 Å².